The molecule has 0 aliphatic carbocycles. The Bertz CT molecular complexity index is 1060. The molecule has 0 saturated carbocycles. The summed E-state index contributed by atoms with van der Waals surface area (Å²) in [5, 5.41) is 10.9. The third-order valence-electron chi connectivity index (χ3n) is 3.57. The molecule has 0 unspecified atom stereocenters. The average Bonchev–Trinajstić information content (AvgIpc) is 2.68. The fourth-order valence-electron chi connectivity index (χ4n) is 2.27. The number of nitrogens with one attached hydrogen (secondary N) is 2. The van der Waals surface area contributed by atoms with Crippen molar-refractivity contribution in [2.75, 3.05) is 12.5 Å². The number of ether oxygens (including phenoxy) is 2. The van der Waals surface area contributed by atoms with Gasteiger partial charge in [-0.3, -0.25) is 5.43 Å². The van der Waals surface area contributed by atoms with Gasteiger partial charge in [0.2, 0.25) is 0 Å². The molecule has 0 aliphatic heterocycles. The van der Waals surface area contributed by atoms with Crippen molar-refractivity contribution >= 4 is 35.2 Å². The zero-order valence-corrected chi connectivity index (χ0v) is 16.2. The van der Waals surface area contributed by atoms with Crippen molar-refractivity contribution in [3.05, 3.63) is 74.3 Å². The number of H-pyrrole nitrogens is 1. The lowest BCUT2D eigenvalue weighted by Gasteiger charge is -2.14. The molecule has 0 spiro atoms. The summed E-state index contributed by atoms with van der Waals surface area (Å²) in [5.41, 5.74) is 3.48. The zero-order valence-electron chi connectivity index (χ0n) is 14.6. The first-order valence-corrected chi connectivity index (χ1v) is 8.77. The maximum absolute atomic E-state index is 11.2. The van der Waals surface area contributed by atoms with E-state index in [1.54, 1.807) is 43.5 Å². The molecule has 0 saturated heterocycles. The van der Waals surface area contributed by atoms with E-state index in [1.807, 2.05) is 0 Å². The summed E-state index contributed by atoms with van der Waals surface area (Å²) in [4.78, 5) is 14.8. The molecule has 2 N–H and O–H groups in total. The van der Waals surface area contributed by atoms with Crippen LogP contribution in [-0.4, -0.2) is 28.5 Å². The normalized spacial score (nSPS) is 10.8. The quantitative estimate of drug-likeness (QED) is 0.448. The van der Waals surface area contributed by atoms with Crippen molar-refractivity contribution in [3.8, 4) is 11.5 Å². The lowest BCUT2D eigenvalue weighted by molar-refractivity contribution is 0.284. The minimum absolute atomic E-state index is 0.207. The summed E-state index contributed by atoms with van der Waals surface area (Å²) in [6.07, 6.45) is 2.86. The molecule has 3 aromatic rings. The Kier molecular flexibility index (Phi) is 6.46. The van der Waals surface area contributed by atoms with Gasteiger partial charge >= 0.3 is 5.69 Å². The van der Waals surface area contributed by atoms with Crippen molar-refractivity contribution in [1.82, 2.24) is 15.2 Å². The van der Waals surface area contributed by atoms with Crippen LogP contribution in [-0.2, 0) is 6.61 Å². The van der Waals surface area contributed by atoms with Gasteiger partial charge in [0.15, 0.2) is 17.3 Å². The van der Waals surface area contributed by atoms with E-state index in [-0.39, 0.29) is 12.4 Å². The Morgan fingerprint density at radius 2 is 2.14 bits per heavy atom. The number of hydrazone groups is 1. The summed E-state index contributed by atoms with van der Waals surface area (Å²) in [5.74, 6) is 1.22. The molecular formula is C18H15Cl2N5O3. The fraction of sp³-hybridized carbons (Fsp3) is 0.111. The average molecular weight is 420 g/mol. The Hall–Kier alpha value is -3.10. The highest BCUT2D eigenvalue weighted by Crippen LogP contribution is 2.32. The third-order valence-corrected chi connectivity index (χ3v) is 4.16. The predicted molar refractivity (Wildman–Crippen MR) is 108 cm³/mol. The van der Waals surface area contributed by atoms with Gasteiger partial charge in [-0.05, 0) is 24.3 Å². The smallest absolute Gasteiger partial charge is 0.363 e. The van der Waals surface area contributed by atoms with Crippen LogP contribution >= 0.6 is 23.2 Å². The number of hydrogen-bond donors (Lipinski definition) is 2. The third kappa shape index (κ3) is 4.99. The first-order valence-electron chi connectivity index (χ1n) is 8.01. The van der Waals surface area contributed by atoms with E-state index in [4.69, 9.17) is 32.7 Å². The number of halogens is 2. The molecule has 144 valence electrons. The number of aromatic amines is 1. The van der Waals surface area contributed by atoms with E-state index in [1.165, 1.54) is 12.4 Å². The minimum atomic E-state index is -0.578. The lowest BCUT2D eigenvalue weighted by Crippen LogP contribution is -2.13. The van der Waals surface area contributed by atoms with Gasteiger partial charge in [-0.15, -0.1) is 0 Å². The van der Waals surface area contributed by atoms with E-state index in [2.05, 4.69) is 25.7 Å². The number of anilines is 1. The van der Waals surface area contributed by atoms with E-state index in [0.717, 1.165) is 5.56 Å². The fourth-order valence-corrected chi connectivity index (χ4v) is 2.74. The van der Waals surface area contributed by atoms with Gasteiger partial charge in [-0.2, -0.15) is 15.2 Å². The van der Waals surface area contributed by atoms with Gasteiger partial charge < -0.3 is 9.47 Å². The molecule has 0 amide bonds. The Balaban J connectivity index is 1.79. The van der Waals surface area contributed by atoms with Crippen molar-refractivity contribution in [1.29, 1.82) is 0 Å². The molecule has 0 bridgehead atoms. The van der Waals surface area contributed by atoms with E-state index < -0.39 is 5.69 Å². The van der Waals surface area contributed by atoms with Crippen molar-refractivity contribution < 1.29 is 9.47 Å². The highest BCUT2D eigenvalue weighted by Gasteiger charge is 2.11. The summed E-state index contributed by atoms with van der Waals surface area (Å²) >= 11 is 12.1. The van der Waals surface area contributed by atoms with Crippen molar-refractivity contribution in [3.63, 3.8) is 0 Å². The molecule has 0 radical (unpaired) electrons. The van der Waals surface area contributed by atoms with Crippen LogP contribution in [0, 0.1) is 0 Å². The van der Waals surface area contributed by atoms with Gasteiger partial charge in [-0.1, -0.05) is 35.3 Å². The van der Waals surface area contributed by atoms with Gasteiger partial charge in [0.25, 0.3) is 0 Å². The molecular weight excluding hydrogens is 405 g/mol. The molecule has 10 heteroatoms. The van der Waals surface area contributed by atoms with Gasteiger partial charge in [0, 0.05) is 21.2 Å². The molecule has 2 aromatic carbocycles. The lowest BCUT2D eigenvalue weighted by atomic mass is 10.2. The Morgan fingerprint density at radius 3 is 2.89 bits per heavy atom. The first-order chi connectivity index (χ1) is 13.6. The highest BCUT2D eigenvalue weighted by atomic mass is 35.5. The number of hydrogen-bond acceptors (Lipinski definition) is 7. The van der Waals surface area contributed by atoms with Crippen LogP contribution in [0.2, 0.25) is 10.0 Å². The van der Waals surface area contributed by atoms with Crippen LogP contribution in [0.25, 0.3) is 0 Å². The molecule has 8 nitrogen and oxygen atoms in total. The molecule has 0 atom stereocenters. The highest BCUT2D eigenvalue weighted by molar-refractivity contribution is 6.35. The maximum atomic E-state index is 11.2. The molecule has 0 fully saturated rings. The van der Waals surface area contributed by atoms with Crippen LogP contribution in [0.15, 0.2) is 52.5 Å². The number of methoxy groups -OCH3 is 1. The largest absolute Gasteiger partial charge is 0.493 e. The molecule has 1 heterocycles. The second kappa shape index (κ2) is 9.20. The summed E-state index contributed by atoms with van der Waals surface area (Å²) in [7, 11) is 1.54. The van der Waals surface area contributed by atoms with Gasteiger partial charge in [0.1, 0.15) is 6.61 Å². The van der Waals surface area contributed by atoms with Gasteiger partial charge in [-0.25, -0.2) is 9.89 Å². The van der Waals surface area contributed by atoms with Gasteiger partial charge in [0.05, 0.1) is 19.5 Å². The van der Waals surface area contributed by atoms with Crippen LogP contribution < -0.4 is 20.6 Å². The first kappa shape index (κ1) is 19.7. The summed E-state index contributed by atoms with van der Waals surface area (Å²) in [6.45, 7) is 0.212. The standard InChI is InChI=1S/C18H15Cl2N5O3/c1-27-15-4-2-3-11(8-21-24-16-9-22-25-18(26)23-16)17(15)28-10-12-5-6-13(19)7-14(12)20/h2-9H,10H2,1H3,(H2,23,24,25,26)/b21-8+. The number of nitrogens with zero attached hydrogens (tertiary/aromatic N) is 3. The number of rotatable bonds is 7. The van der Waals surface area contributed by atoms with Crippen molar-refractivity contribution in [2.24, 2.45) is 5.10 Å². The van der Waals surface area contributed by atoms with Crippen LogP contribution in [0.5, 0.6) is 11.5 Å². The van der Waals surface area contributed by atoms with E-state index in [0.29, 0.717) is 27.1 Å². The summed E-state index contributed by atoms with van der Waals surface area (Å²) in [6, 6.07) is 10.6. The van der Waals surface area contributed by atoms with Crippen molar-refractivity contribution in [2.45, 2.75) is 6.61 Å². The molecule has 28 heavy (non-hydrogen) atoms. The molecule has 0 aliphatic rings. The molecule has 1 aromatic heterocycles. The van der Waals surface area contributed by atoms with Crippen LogP contribution in [0.4, 0.5) is 5.82 Å². The topological polar surface area (TPSA) is 101 Å². The number of aromatic nitrogens is 3. The molecule has 3 rings (SSSR count). The van der Waals surface area contributed by atoms with E-state index in [9.17, 15) is 4.79 Å². The van der Waals surface area contributed by atoms with E-state index >= 15 is 0 Å². The summed E-state index contributed by atoms with van der Waals surface area (Å²) < 4.78 is 11.3. The zero-order chi connectivity index (χ0) is 19.9. The Labute approximate surface area is 170 Å². The van der Waals surface area contributed by atoms with Crippen LogP contribution in [0.1, 0.15) is 11.1 Å². The number of benzene rings is 2. The Morgan fingerprint density at radius 1 is 1.29 bits per heavy atom. The monoisotopic (exact) mass is 419 g/mol. The van der Waals surface area contributed by atoms with Crippen LogP contribution in [0.3, 0.4) is 0 Å². The predicted octanol–water partition coefficient (Wildman–Crippen LogP) is 3.51. The SMILES string of the molecule is COc1cccc(/C=N/Nc2cn[nH]c(=O)n2)c1OCc1ccc(Cl)cc1Cl. The second-order valence-electron chi connectivity index (χ2n) is 5.45. The maximum Gasteiger partial charge on any atom is 0.363 e. The minimum Gasteiger partial charge on any atom is -0.493 e. The number of para-hydroxylation sites is 1. The second-order valence-corrected chi connectivity index (χ2v) is 6.29.